The summed E-state index contributed by atoms with van der Waals surface area (Å²) in [5, 5.41) is 6.36. The summed E-state index contributed by atoms with van der Waals surface area (Å²) < 4.78 is 5.24. The third kappa shape index (κ3) is 3.48. The number of rotatable bonds is 5. The van der Waals surface area contributed by atoms with E-state index in [1.54, 1.807) is 11.3 Å². The molecule has 0 amide bonds. The Morgan fingerprint density at radius 2 is 2.15 bits per heavy atom. The fraction of sp³-hybridized carbons (Fsp3) is 0.167. The lowest BCUT2D eigenvalue weighted by atomic mass is 10.2. The molecule has 0 aliphatic rings. The van der Waals surface area contributed by atoms with Crippen molar-refractivity contribution >= 4 is 50.2 Å². The summed E-state index contributed by atoms with van der Waals surface area (Å²) in [6.07, 6.45) is 0.219. The van der Waals surface area contributed by atoms with Gasteiger partial charge in [-0.1, -0.05) is 0 Å². The van der Waals surface area contributed by atoms with E-state index in [4.69, 9.17) is 4.74 Å². The second kappa shape index (κ2) is 7.14. The molecular formula is C18H14N2O3S3. The van der Waals surface area contributed by atoms with Crippen molar-refractivity contribution < 1.29 is 9.53 Å². The lowest BCUT2D eigenvalue weighted by Crippen LogP contribution is -2.14. The van der Waals surface area contributed by atoms with Crippen LogP contribution in [0.5, 0.6) is 0 Å². The largest absolute Gasteiger partial charge is 0.457 e. The fourth-order valence-electron chi connectivity index (χ4n) is 2.58. The molecule has 1 N–H and O–H groups in total. The normalized spacial score (nSPS) is 11.1. The van der Waals surface area contributed by atoms with E-state index in [2.05, 4.69) is 9.97 Å². The molecular weight excluding hydrogens is 388 g/mol. The molecule has 4 rings (SSSR count). The smallest absolute Gasteiger partial charge is 0.310 e. The van der Waals surface area contributed by atoms with E-state index in [1.807, 2.05) is 41.3 Å². The summed E-state index contributed by atoms with van der Waals surface area (Å²) in [5.41, 5.74) is 1.62. The van der Waals surface area contributed by atoms with Gasteiger partial charge in [-0.3, -0.25) is 9.59 Å². The quantitative estimate of drug-likeness (QED) is 0.503. The summed E-state index contributed by atoms with van der Waals surface area (Å²) in [6.45, 7) is 1.99. The Morgan fingerprint density at radius 3 is 2.88 bits per heavy atom. The first-order chi connectivity index (χ1) is 12.6. The number of ether oxygens (including phenoxy) is 1. The van der Waals surface area contributed by atoms with Crippen molar-refractivity contribution in [2.24, 2.45) is 0 Å². The molecule has 0 saturated heterocycles. The predicted octanol–water partition coefficient (Wildman–Crippen LogP) is 4.37. The molecule has 0 spiro atoms. The van der Waals surface area contributed by atoms with Crippen molar-refractivity contribution in [2.45, 2.75) is 20.0 Å². The standard InChI is InChI=1S/C18H14N2O3S3/c1-10-2-3-13(26-10)12-9-25-18-16(12)17(22)19-14(20-18)7-23-15(21)6-11-4-5-24-8-11/h2-5,8-9H,6-7H2,1H3,(H,19,20,22). The van der Waals surface area contributed by atoms with E-state index in [0.29, 0.717) is 16.0 Å². The lowest BCUT2D eigenvalue weighted by molar-refractivity contribution is -0.144. The maximum Gasteiger partial charge on any atom is 0.310 e. The van der Waals surface area contributed by atoms with Crippen molar-refractivity contribution in [3.63, 3.8) is 0 Å². The molecule has 4 aromatic rings. The highest BCUT2D eigenvalue weighted by molar-refractivity contribution is 7.19. The minimum absolute atomic E-state index is 0.0422. The zero-order valence-electron chi connectivity index (χ0n) is 13.8. The van der Waals surface area contributed by atoms with Crippen LogP contribution >= 0.6 is 34.0 Å². The van der Waals surface area contributed by atoms with Crippen LogP contribution in [0.3, 0.4) is 0 Å². The number of hydrogen-bond acceptors (Lipinski definition) is 7. The Labute approximate surface area is 160 Å². The number of nitrogens with zero attached hydrogens (tertiary/aromatic N) is 1. The lowest BCUT2D eigenvalue weighted by Gasteiger charge is -2.04. The van der Waals surface area contributed by atoms with Gasteiger partial charge in [0.15, 0.2) is 0 Å². The van der Waals surface area contributed by atoms with Gasteiger partial charge >= 0.3 is 5.97 Å². The summed E-state index contributed by atoms with van der Waals surface area (Å²) >= 11 is 4.60. The van der Waals surface area contributed by atoms with Crippen LogP contribution in [-0.4, -0.2) is 15.9 Å². The number of fused-ring (bicyclic) bond motifs is 1. The van der Waals surface area contributed by atoms with E-state index >= 15 is 0 Å². The van der Waals surface area contributed by atoms with Crippen molar-refractivity contribution in [2.75, 3.05) is 0 Å². The molecule has 0 aliphatic heterocycles. The van der Waals surface area contributed by atoms with Crippen LogP contribution in [0.4, 0.5) is 0 Å². The number of nitrogens with one attached hydrogen (secondary N) is 1. The van der Waals surface area contributed by atoms with Gasteiger partial charge in [0.2, 0.25) is 0 Å². The minimum atomic E-state index is -0.341. The van der Waals surface area contributed by atoms with Gasteiger partial charge in [-0.25, -0.2) is 4.98 Å². The van der Waals surface area contributed by atoms with Gasteiger partial charge in [-0.15, -0.1) is 22.7 Å². The van der Waals surface area contributed by atoms with E-state index in [-0.39, 0.29) is 24.6 Å². The topological polar surface area (TPSA) is 72.0 Å². The number of aromatic amines is 1. The molecule has 0 aromatic carbocycles. The van der Waals surface area contributed by atoms with Crippen molar-refractivity contribution in [3.8, 4) is 10.4 Å². The Bertz CT molecular complexity index is 1120. The van der Waals surface area contributed by atoms with Gasteiger partial charge in [0.05, 0.1) is 11.8 Å². The van der Waals surface area contributed by atoms with Crippen LogP contribution in [0.25, 0.3) is 20.7 Å². The molecule has 0 unspecified atom stereocenters. The number of carbonyl (C=O) groups is 1. The van der Waals surface area contributed by atoms with E-state index in [0.717, 1.165) is 16.0 Å². The number of esters is 1. The molecule has 26 heavy (non-hydrogen) atoms. The second-order valence-electron chi connectivity index (χ2n) is 5.72. The van der Waals surface area contributed by atoms with Crippen molar-refractivity contribution in [1.82, 2.24) is 9.97 Å². The van der Waals surface area contributed by atoms with Gasteiger partial charge in [0.1, 0.15) is 17.3 Å². The molecule has 4 heterocycles. The minimum Gasteiger partial charge on any atom is -0.457 e. The molecule has 4 aromatic heterocycles. The van der Waals surface area contributed by atoms with Crippen LogP contribution in [0.1, 0.15) is 16.3 Å². The zero-order valence-corrected chi connectivity index (χ0v) is 16.2. The summed E-state index contributed by atoms with van der Waals surface area (Å²) in [7, 11) is 0. The molecule has 0 atom stereocenters. The highest BCUT2D eigenvalue weighted by Gasteiger charge is 2.15. The first-order valence-corrected chi connectivity index (χ1v) is 10.5. The highest BCUT2D eigenvalue weighted by atomic mass is 32.1. The monoisotopic (exact) mass is 402 g/mol. The van der Waals surface area contributed by atoms with E-state index < -0.39 is 0 Å². The molecule has 8 heteroatoms. The van der Waals surface area contributed by atoms with E-state index in [9.17, 15) is 9.59 Å². The third-order valence-electron chi connectivity index (χ3n) is 3.80. The molecule has 0 fully saturated rings. The van der Waals surface area contributed by atoms with Crippen LogP contribution in [0, 0.1) is 6.92 Å². The molecule has 5 nitrogen and oxygen atoms in total. The molecule has 0 saturated carbocycles. The first-order valence-electron chi connectivity index (χ1n) is 7.84. The average Bonchev–Trinajstić information content (AvgIpc) is 3.33. The number of thiophene rings is 3. The third-order valence-corrected chi connectivity index (χ3v) is 6.44. The fourth-order valence-corrected chi connectivity index (χ4v) is 5.17. The van der Waals surface area contributed by atoms with Gasteiger partial charge < -0.3 is 9.72 Å². The average molecular weight is 403 g/mol. The second-order valence-corrected chi connectivity index (χ2v) is 8.65. The van der Waals surface area contributed by atoms with Crippen LogP contribution in [0.2, 0.25) is 0 Å². The van der Waals surface area contributed by atoms with Crippen molar-refractivity contribution in [3.05, 3.63) is 61.0 Å². The number of carbonyl (C=O) groups excluding carboxylic acids is 1. The molecule has 0 bridgehead atoms. The summed E-state index contributed by atoms with van der Waals surface area (Å²) in [6, 6.07) is 5.94. The number of H-pyrrole nitrogens is 1. The van der Waals surface area contributed by atoms with Crippen LogP contribution in [0.15, 0.2) is 39.1 Å². The Balaban J connectivity index is 1.54. The van der Waals surface area contributed by atoms with E-state index in [1.165, 1.54) is 27.6 Å². The van der Waals surface area contributed by atoms with Gasteiger partial charge in [-0.2, -0.15) is 11.3 Å². The summed E-state index contributed by atoms with van der Waals surface area (Å²) in [5.74, 6) is 0.0176. The molecule has 0 radical (unpaired) electrons. The van der Waals surface area contributed by atoms with Crippen LogP contribution < -0.4 is 5.56 Å². The SMILES string of the molecule is Cc1ccc(-c2csc3nc(COC(=O)Cc4ccsc4)[nH]c(=O)c23)s1. The number of aryl methyl sites for hydroxylation is 1. The zero-order chi connectivity index (χ0) is 18.1. The maximum atomic E-state index is 12.5. The predicted molar refractivity (Wildman–Crippen MR) is 106 cm³/mol. The number of hydrogen-bond donors (Lipinski definition) is 1. The van der Waals surface area contributed by atoms with Gasteiger partial charge in [-0.05, 0) is 41.4 Å². The van der Waals surface area contributed by atoms with Crippen LogP contribution in [-0.2, 0) is 22.6 Å². The van der Waals surface area contributed by atoms with Gasteiger partial charge in [0.25, 0.3) is 5.56 Å². The Kier molecular flexibility index (Phi) is 4.71. The highest BCUT2D eigenvalue weighted by Crippen LogP contribution is 2.34. The Hall–Kier alpha value is -2.29. The first kappa shape index (κ1) is 17.1. The summed E-state index contributed by atoms with van der Waals surface area (Å²) in [4.78, 5) is 34.5. The Morgan fingerprint density at radius 1 is 1.27 bits per heavy atom. The number of aromatic nitrogens is 2. The van der Waals surface area contributed by atoms with Crippen molar-refractivity contribution in [1.29, 1.82) is 0 Å². The molecule has 132 valence electrons. The molecule has 0 aliphatic carbocycles. The maximum absolute atomic E-state index is 12.5. The van der Waals surface area contributed by atoms with Gasteiger partial charge in [0, 0.05) is 20.7 Å².